The van der Waals surface area contributed by atoms with Gasteiger partial charge in [0.2, 0.25) is 0 Å². The molecule has 1 aliphatic heterocycles. The molecule has 0 bridgehead atoms. The first-order valence-electron chi connectivity index (χ1n) is 8.94. The van der Waals surface area contributed by atoms with E-state index in [-0.39, 0.29) is 0 Å². The van der Waals surface area contributed by atoms with Crippen molar-refractivity contribution in [2.45, 2.75) is 72.6 Å². The van der Waals surface area contributed by atoms with Crippen LogP contribution >= 0.6 is 0 Å². The summed E-state index contributed by atoms with van der Waals surface area (Å²) in [4.78, 5) is 0. The van der Waals surface area contributed by atoms with E-state index in [0.29, 0.717) is 5.41 Å². The largest absolute Gasteiger partial charge is 0.316 e. The van der Waals surface area contributed by atoms with Crippen molar-refractivity contribution in [3.05, 3.63) is 0 Å². The molecule has 0 aromatic carbocycles. The Labute approximate surface area is 127 Å². The van der Waals surface area contributed by atoms with Crippen LogP contribution in [-0.4, -0.2) is 26.2 Å². The molecule has 2 nitrogen and oxygen atoms in total. The van der Waals surface area contributed by atoms with Crippen molar-refractivity contribution < 1.29 is 0 Å². The topological polar surface area (TPSA) is 24.1 Å². The van der Waals surface area contributed by atoms with Crippen molar-refractivity contribution in [2.24, 2.45) is 17.3 Å². The van der Waals surface area contributed by atoms with Gasteiger partial charge in [0.1, 0.15) is 0 Å². The Balaban J connectivity index is 1.99. The Morgan fingerprint density at radius 1 is 1.15 bits per heavy atom. The second-order valence-corrected chi connectivity index (χ2v) is 7.81. The van der Waals surface area contributed by atoms with Crippen LogP contribution in [0.15, 0.2) is 0 Å². The van der Waals surface area contributed by atoms with E-state index in [1.165, 1.54) is 71.1 Å². The van der Waals surface area contributed by atoms with Gasteiger partial charge in [-0.05, 0) is 56.1 Å². The number of unbranched alkanes of at least 4 members (excludes halogenated alkanes) is 3. The van der Waals surface area contributed by atoms with Crippen LogP contribution in [0.3, 0.4) is 0 Å². The zero-order valence-electron chi connectivity index (χ0n) is 14.4. The maximum atomic E-state index is 3.69. The summed E-state index contributed by atoms with van der Waals surface area (Å²) >= 11 is 0. The first-order valence-corrected chi connectivity index (χ1v) is 8.94. The minimum Gasteiger partial charge on any atom is -0.316 e. The van der Waals surface area contributed by atoms with Gasteiger partial charge in [0.15, 0.2) is 0 Å². The van der Waals surface area contributed by atoms with E-state index < -0.39 is 0 Å². The molecule has 0 aromatic rings. The summed E-state index contributed by atoms with van der Waals surface area (Å²) in [6, 6.07) is 0. The number of nitrogens with one attached hydrogen (secondary N) is 2. The van der Waals surface area contributed by atoms with Gasteiger partial charge in [-0.2, -0.15) is 0 Å². The molecule has 2 heteroatoms. The molecule has 1 fully saturated rings. The summed E-state index contributed by atoms with van der Waals surface area (Å²) in [5.74, 6) is 1.72. The lowest BCUT2D eigenvalue weighted by atomic mass is 9.75. The third-order valence-electron chi connectivity index (χ3n) is 4.87. The zero-order chi connectivity index (χ0) is 14.8. The van der Waals surface area contributed by atoms with Crippen LogP contribution in [0.4, 0.5) is 0 Å². The smallest absolute Gasteiger partial charge is 0.000565 e. The summed E-state index contributed by atoms with van der Waals surface area (Å²) in [7, 11) is 0. The van der Waals surface area contributed by atoms with Crippen LogP contribution in [0.5, 0.6) is 0 Å². The van der Waals surface area contributed by atoms with E-state index in [9.17, 15) is 0 Å². The van der Waals surface area contributed by atoms with Gasteiger partial charge in [0, 0.05) is 6.54 Å². The van der Waals surface area contributed by atoms with Gasteiger partial charge in [0.05, 0.1) is 0 Å². The lowest BCUT2D eigenvalue weighted by molar-refractivity contribution is 0.166. The normalized spacial score (nSPS) is 20.6. The Morgan fingerprint density at radius 3 is 2.55 bits per heavy atom. The first kappa shape index (κ1) is 18.0. The molecule has 1 aliphatic rings. The van der Waals surface area contributed by atoms with E-state index in [0.717, 1.165) is 11.8 Å². The molecular formula is C18H38N2. The standard InChI is InChI=1S/C18H38N2/c1-16(2)10-7-5-6-8-12-20-15-18(3,4)17-11-9-13-19-14-17/h16-17,19-20H,5-15H2,1-4H3. The Kier molecular flexibility index (Phi) is 8.79. The minimum absolute atomic E-state index is 0.436. The molecule has 1 saturated heterocycles. The second-order valence-electron chi connectivity index (χ2n) is 7.81. The molecule has 0 spiro atoms. The van der Waals surface area contributed by atoms with Crippen molar-refractivity contribution >= 4 is 0 Å². The molecule has 1 rings (SSSR count). The average Bonchev–Trinajstić information content (AvgIpc) is 2.42. The number of hydrogen-bond donors (Lipinski definition) is 2. The number of piperidine rings is 1. The quantitative estimate of drug-likeness (QED) is 0.587. The second kappa shape index (κ2) is 9.78. The fourth-order valence-electron chi connectivity index (χ4n) is 3.23. The number of rotatable bonds is 10. The molecule has 0 radical (unpaired) electrons. The highest BCUT2D eigenvalue weighted by molar-refractivity contribution is 4.84. The van der Waals surface area contributed by atoms with Crippen LogP contribution < -0.4 is 10.6 Å². The summed E-state index contributed by atoms with van der Waals surface area (Å²) in [5.41, 5.74) is 0.436. The van der Waals surface area contributed by atoms with Crippen molar-refractivity contribution in [1.29, 1.82) is 0 Å². The third-order valence-corrected chi connectivity index (χ3v) is 4.87. The molecule has 2 N–H and O–H groups in total. The highest BCUT2D eigenvalue weighted by Crippen LogP contribution is 2.30. The predicted molar refractivity (Wildman–Crippen MR) is 90.2 cm³/mol. The van der Waals surface area contributed by atoms with Gasteiger partial charge >= 0.3 is 0 Å². The molecule has 0 aliphatic carbocycles. The SMILES string of the molecule is CC(C)CCCCCCNCC(C)(C)C1CCCNC1. The van der Waals surface area contributed by atoms with Gasteiger partial charge in [-0.1, -0.05) is 53.4 Å². The molecule has 1 unspecified atom stereocenters. The molecule has 1 atom stereocenters. The van der Waals surface area contributed by atoms with E-state index in [2.05, 4.69) is 38.3 Å². The van der Waals surface area contributed by atoms with E-state index >= 15 is 0 Å². The highest BCUT2D eigenvalue weighted by Gasteiger charge is 2.29. The Bertz CT molecular complexity index is 230. The highest BCUT2D eigenvalue weighted by atomic mass is 14.9. The molecule has 0 amide bonds. The molecule has 120 valence electrons. The van der Waals surface area contributed by atoms with Crippen LogP contribution in [0, 0.1) is 17.3 Å². The molecule has 1 heterocycles. The van der Waals surface area contributed by atoms with Crippen LogP contribution in [-0.2, 0) is 0 Å². The summed E-state index contributed by atoms with van der Waals surface area (Å²) in [6.45, 7) is 14.3. The summed E-state index contributed by atoms with van der Waals surface area (Å²) < 4.78 is 0. The van der Waals surface area contributed by atoms with E-state index in [4.69, 9.17) is 0 Å². The lowest BCUT2D eigenvalue weighted by Gasteiger charge is -2.37. The van der Waals surface area contributed by atoms with Gasteiger partial charge in [-0.25, -0.2) is 0 Å². The van der Waals surface area contributed by atoms with Gasteiger partial charge in [-0.15, -0.1) is 0 Å². The van der Waals surface area contributed by atoms with Crippen LogP contribution in [0.2, 0.25) is 0 Å². The first-order chi connectivity index (χ1) is 9.52. The Hall–Kier alpha value is -0.0800. The van der Waals surface area contributed by atoms with Crippen molar-refractivity contribution in [3.63, 3.8) is 0 Å². The molecule has 20 heavy (non-hydrogen) atoms. The zero-order valence-corrected chi connectivity index (χ0v) is 14.4. The van der Waals surface area contributed by atoms with Crippen LogP contribution in [0.25, 0.3) is 0 Å². The maximum absolute atomic E-state index is 3.69. The van der Waals surface area contributed by atoms with Crippen molar-refractivity contribution in [1.82, 2.24) is 10.6 Å². The molecular weight excluding hydrogens is 244 g/mol. The van der Waals surface area contributed by atoms with Crippen molar-refractivity contribution in [3.8, 4) is 0 Å². The summed E-state index contributed by atoms with van der Waals surface area (Å²) in [6.07, 6.45) is 9.71. The molecule has 0 aromatic heterocycles. The van der Waals surface area contributed by atoms with E-state index in [1.807, 2.05) is 0 Å². The summed E-state index contributed by atoms with van der Waals surface area (Å²) in [5, 5.41) is 7.24. The fraction of sp³-hybridized carbons (Fsp3) is 1.00. The van der Waals surface area contributed by atoms with Gasteiger partial charge in [-0.3, -0.25) is 0 Å². The third kappa shape index (κ3) is 7.64. The molecule has 0 saturated carbocycles. The fourth-order valence-corrected chi connectivity index (χ4v) is 3.23. The Morgan fingerprint density at radius 2 is 1.90 bits per heavy atom. The van der Waals surface area contributed by atoms with Crippen molar-refractivity contribution in [2.75, 3.05) is 26.2 Å². The maximum Gasteiger partial charge on any atom is 0.000565 e. The monoisotopic (exact) mass is 282 g/mol. The van der Waals surface area contributed by atoms with E-state index in [1.54, 1.807) is 0 Å². The number of hydrogen-bond acceptors (Lipinski definition) is 2. The van der Waals surface area contributed by atoms with Crippen LogP contribution in [0.1, 0.15) is 72.6 Å². The van der Waals surface area contributed by atoms with Gasteiger partial charge < -0.3 is 10.6 Å². The lowest BCUT2D eigenvalue weighted by Crippen LogP contribution is -2.43. The minimum atomic E-state index is 0.436. The average molecular weight is 283 g/mol. The predicted octanol–water partition coefficient (Wildman–Crippen LogP) is 4.21. The van der Waals surface area contributed by atoms with Gasteiger partial charge in [0.25, 0.3) is 0 Å².